The van der Waals surface area contributed by atoms with Gasteiger partial charge in [-0.25, -0.2) is 0 Å². The number of hydrogen-bond donors (Lipinski definition) is 2. The minimum Gasteiger partial charge on any atom is -0.459 e. The smallest absolute Gasteiger partial charge is 0.291 e. The molecular weight excluding hydrogens is 238 g/mol. The molecule has 0 saturated heterocycles. The summed E-state index contributed by atoms with van der Waals surface area (Å²) in [5.74, 6) is -0.340. The van der Waals surface area contributed by atoms with Crippen LogP contribution < -0.4 is 11.1 Å². The molecule has 0 aliphatic rings. The van der Waals surface area contributed by atoms with Crippen molar-refractivity contribution in [2.75, 3.05) is 11.1 Å². The molecular formula is C11H9N3O4. The number of nitrogens with one attached hydrogen (secondary N) is 1. The summed E-state index contributed by atoms with van der Waals surface area (Å²) < 4.78 is 4.91. The second-order valence-electron chi connectivity index (χ2n) is 3.46. The lowest BCUT2D eigenvalue weighted by Crippen LogP contribution is -2.12. The minimum atomic E-state index is -0.561. The van der Waals surface area contributed by atoms with Crippen LogP contribution in [0.15, 0.2) is 41.0 Å². The third-order valence-electron chi connectivity index (χ3n) is 2.24. The van der Waals surface area contributed by atoms with Crippen molar-refractivity contribution in [3.63, 3.8) is 0 Å². The lowest BCUT2D eigenvalue weighted by molar-refractivity contribution is -0.384. The van der Waals surface area contributed by atoms with E-state index in [2.05, 4.69) is 5.32 Å². The maximum absolute atomic E-state index is 11.7. The van der Waals surface area contributed by atoms with E-state index in [0.29, 0.717) is 5.69 Å². The zero-order chi connectivity index (χ0) is 13.1. The lowest BCUT2D eigenvalue weighted by atomic mass is 10.2. The number of anilines is 2. The predicted octanol–water partition coefficient (Wildman–Crippen LogP) is 2.02. The van der Waals surface area contributed by atoms with Gasteiger partial charge in [0.25, 0.3) is 11.6 Å². The zero-order valence-corrected chi connectivity index (χ0v) is 9.12. The molecule has 0 unspecified atom stereocenters. The molecule has 0 atom stereocenters. The molecule has 18 heavy (non-hydrogen) atoms. The van der Waals surface area contributed by atoms with Gasteiger partial charge in [0.05, 0.1) is 22.6 Å². The van der Waals surface area contributed by atoms with Gasteiger partial charge in [0, 0.05) is 12.1 Å². The van der Waals surface area contributed by atoms with Crippen molar-refractivity contribution < 1.29 is 14.1 Å². The quantitative estimate of drug-likeness (QED) is 0.489. The van der Waals surface area contributed by atoms with Gasteiger partial charge < -0.3 is 15.5 Å². The zero-order valence-electron chi connectivity index (χ0n) is 9.12. The molecule has 0 fully saturated rings. The number of non-ortho nitro benzene ring substituents is 1. The van der Waals surface area contributed by atoms with Gasteiger partial charge in [-0.2, -0.15) is 0 Å². The van der Waals surface area contributed by atoms with Crippen LogP contribution in [0.25, 0.3) is 0 Å². The second kappa shape index (κ2) is 4.58. The Labute approximate surface area is 101 Å². The van der Waals surface area contributed by atoms with E-state index in [4.69, 9.17) is 10.2 Å². The highest BCUT2D eigenvalue weighted by Gasteiger charge is 2.13. The third-order valence-corrected chi connectivity index (χ3v) is 2.24. The van der Waals surface area contributed by atoms with Crippen LogP contribution in [0.2, 0.25) is 0 Å². The second-order valence-corrected chi connectivity index (χ2v) is 3.46. The van der Waals surface area contributed by atoms with E-state index in [1.807, 2.05) is 0 Å². The fraction of sp³-hybridized carbons (Fsp3) is 0. The Bertz CT molecular complexity index is 592. The molecule has 0 aliphatic carbocycles. The Kier molecular flexibility index (Phi) is 2.96. The lowest BCUT2D eigenvalue weighted by Gasteiger charge is -2.06. The molecule has 0 saturated carbocycles. The summed E-state index contributed by atoms with van der Waals surface area (Å²) in [6.07, 6.45) is 1.37. The van der Waals surface area contributed by atoms with Gasteiger partial charge in [-0.05, 0) is 18.2 Å². The fourth-order valence-corrected chi connectivity index (χ4v) is 1.37. The average molecular weight is 247 g/mol. The molecule has 0 aliphatic heterocycles. The molecule has 1 aromatic heterocycles. The average Bonchev–Trinajstić information content (AvgIpc) is 2.85. The van der Waals surface area contributed by atoms with Crippen molar-refractivity contribution >= 4 is 23.0 Å². The summed E-state index contributed by atoms with van der Waals surface area (Å²) in [6.45, 7) is 0. The molecule has 0 radical (unpaired) electrons. The SMILES string of the molecule is Nc1cc([N+](=O)[O-])ccc1NC(=O)c1ccco1. The Balaban J connectivity index is 2.20. The van der Waals surface area contributed by atoms with Crippen molar-refractivity contribution in [1.29, 1.82) is 0 Å². The molecule has 3 N–H and O–H groups in total. The van der Waals surface area contributed by atoms with Crippen LogP contribution in [-0.2, 0) is 0 Å². The number of rotatable bonds is 3. The highest BCUT2D eigenvalue weighted by Crippen LogP contribution is 2.24. The molecule has 1 aromatic carbocycles. The first kappa shape index (κ1) is 11.6. The molecule has 2 aromatic rings. The summed E-state index contributed by atoms with van der Waals surface area (Å²) in [6, 6.07) is 6.88. The van der Waals surface area contributed by atoms with Crippen LogP contribution in [0.3, 0.4) is 0 Å². The van der Waals surface area contributed by atoms with Crippen LogP contribution >= 0.6 is 0 Å². The standard InChI is InChI=1S/C11H9N3O4/c12-8-6-7(14(16)17)3-4-9(8)13-11(15)10-2-1-5-18-10/h1-6H,12H2,(H,13,15). The number of nitrogens with two attached hydrogens (primary N) is 1. The van der Waals surface area contributed by atoms with Crippen molar-refractivity contribution in [2.45, 2.75) is 0 Å². The Morgan fingerprint density at radius 1 is 1.39 bits per heavy atom. The highest BCUT2D eigenvalue weighted by molar-refractivity contribution is 6.03. The van der Waals surface area contributed by atoms with Gasteiger partial charge in [-0.15, -0.1) is 0 Å². The van der Waals surface area contributed by atoms with Crippen LogP contribution in [-0.4, -0.2) is 10.8 Å². The first-order chi connectivity index (χ1) is 8.58. The van der Waals surface area contributed by atoms with Crippen LogP contribution in [0.4, 0.5) is 17.1 Å². The summed E-state index contributed by atoms with van der Waals surface area (Å²) in [5.41, 5.74) is 5.88. The number of nitrogens with zero attached hydrogens (tertiary/aromatic N) is 1. The molecule has 0 bridgehead atoms. The molecule has 92 valence electrons. The van der Waals surface area contributed by atoms with E-state index in [0.717, 1.165) is 0 Å². The third kappa shape index (κ3) is 2.29. The van der Waals surface area contributed by atoms with E-state index in [1.165, 1.54) is 30.5 Å². The van der Waals surface area contributed by atoms with E-state index < -0.39 is 10.8 Å². The van der Waals surface area contributed by atoms with Crippen LogP contribution in [0.1, 0.15) is 10.6 Å². The number of carbonyl (C=O) groups excluding carboxylic acids is 1. The molecule has 2 rings (SSSR count). The van der Waals surface area contributed by atoms with E-state index >= 15 is 0 Å². The first-order valence-corrected chi connectivity index (χ1v) is 4.96. The summed E-state index contributed by atoms with van der Waals surface area (Å²) in [4.78, 5) is 21.6. The number of amides is 1. The van der Waals surface area contributed by atoms with Crippen molar-refractivity contribution in [2.24, 2.45) is 0 Å². The molecule has 7 heteroatoms. The molecule has 1 amide bonds. The fourth-order valence-electron chi connectivity index (χ4n) is 1.37. The van der Waals surface area contributed by atoms with E-state index in [1.54, 1.807) is 6.07 Å². The number of nitrogen functional groups attached to an aromatic ring is 1. The van der Waals surface area contributed by atoms with Gasteiger partial charge in [-0.1, -0.05) is 0 Å². The van der Waals surface area contributed by atoms with Gasteiger partial charge in [0.2, 0.25) is 0 Å². The number of furan rings is 1. The van der Waals surface area contributed by atoms with Crippen molar-refractivity contribution in [3.8, 4) is 0 Å². The summed E-state index contributed by atoms with van der Waals surface area (Å²) >= 11 is 0. The monoisotopic (exact) mass is 247 g/mol. The summed E-state index contributed by atoms with van der Waals surface area (Å²) in [7, 11) is 0. The van der Waals surface area contributed by atoms with Crippen molar-refractivity contribution in [1.82, 2.24) is 0 Å². The Hall–Kier alpha value is -2.83. The van der Waals surface area contributed by atoms with E-state index in [9.17, 15) is 14.9 Å². The van der Waals surface area contributed by atoms with Gasteiger partial charge in [0.15, 0.2) is 5.76 Å². The van der Waals surface area contributed by atoms with Gasteiger partial charge in [-0.3, -0.25) is 14.9 Å². The number of nitro benzene ring substituents is 1. The maximum atomic E-state index is 11.7. The largest absolute Gasteiger partial charge is 0.459 e. The Morgan fingerprint density at radius 2 is 2.17 bits per heavy atom. The molecule has 7 nitrogen and oxygen atoms in total. The molecule has 1 heterocycles. The van der Waals surface area contributed by atoms with Crippen molar-refractivity contribution in [3.05, 3.63) is 52.5 Å². The minimum absolute atomic E-state index is 0.115. The van der Waals surface area contributed by atoms with E-state index in [-0.39, 0.29) is 17.1 Å². The number of hydrogen-bond acceptors (Lipinski definition) is 5. The highest BCUT2D eigenvalue weighted by atomic mass is 16.6. The van der Waals surface area contributed by atoms with Crippen LogP contribution in [0.5, 0.6) is 0 Å². The molecule has 0 spiro atoms. The maximum Gasteiger partial charge on any atom is 0.291 e. The van der Waals surface area contributed by atoms with Crippen LogP contribution in [0, 0.1) is 10.1 Å². The first-order valence-electron chi connectivity index (χ1n) is 4.96. The van der Waals surface area contributed by atoms with Gasteiger partial charge in [0.1, 0.15) is 0 Å². The number of benzene rings is 1. The number of nitro groups is 1. The van der Waals surface area contributed by atoms with Gasteiger partial charge >= 0.3 is 0 Å². The normalized spacial score (nSPS) is 10.0. The predicted molar refractivity (Wildman–Crippen MR) is 64.2 cm³/mol. The Morgan fingerprint density at radius 3 is 2.72 bits per heavy atom. The summed E-state index contributed by atoms with van der Waals surface area (Å²) in [5, 5.41) is 13.0. The topological polar surface area (TPSA) is 111 Å². The number of carbonyl (C=O) groups is 1.